The Labute approximate surface area is 201 Å². The van der Waals surface area contributed by atoms with Crippen molar-refractivity contribution >= 4 is 21.6 Å². The monoisotopic (exact) mass is 488 g/mol. The van der Waals surface area contributed by atoms with Gasteiger partial charge in [-0.1, -0.05) is 32.0 Å². The quantitative estimate of drug-likeness (QED) is 0.570. The summed E-state index contributed by atoms with van der Waals surface area (Å²) in [6.07, 6.45) is 4.15. The van der Waals surface area contributed by atoms with Gasteiger partial charge in [-0.3, -0.25) is 9.10 Å². The van der Waals surface area contributed by atoms with Crippen LogP contribution < -0.4 is 23.8 Å². The van der Waals surface area contributed by atoms with Crippen molar-refractivity contribution in [3.8, 4) is 17.2 Å². The van der Waals surface area contributed by atoms with Gasteiger partial charge in [0.05, 0.1) is 18.0 Å². The molecular weight excluding hydrogens is 456 g/mol. The van der Waals surface area contributed by atoms with E-state index in [2.05, 4.69) is 19.2 Å². The molecule has 184 valence electrons. The molecule has 0 aromatic heterocycles. The van der Waals surface area contributed by atoms with Crippen LogP contribution in [0.1, 0.15) is 57.6 Å². The second-order valence-corrected chi connectivity index (χ2v) is 10.7. The molecule has 0 unspecified atom stereocenters. The lowest BCUT2D eigenvalue weighted by Gasteiger charge is -2.41. The largest absolute Gasteiger partial charge is 0.487 e. The molecule has 0 bridgehead atoms. The Morgan fingerprint density at radius 2 is 1.82 bits per heavy atom. The maximum Gasteiger partial charge on any atom is 0.232 e. The van der Waals surface area contributed by atoms with Crippen LogP contribution in [0.5, 0.6) is 17.2 Å². The number of benzene rings is 2. The minimum Gasteiger partial charge on any atom is -0.487 e. The smallest absolute Gasteiger partial charge is 0.232 e. The van der Waals surface area contributed by atoms with Gasteiger partial charge in [0.2, 0.25) is 22.7 Å². The molecule has 2 aromatic rings. The van der Waals surface area contributed by atoms with E-state index in [4.69, 9.17) is 14.2 Å². The Balaban J connectivity index is 1.41. The van der Waals surface area contributed by atoms with Crippen LogP contribution in [0.2, 0.25) is 0 Å². The number of hydrogen-bond donors (Lipinski definition) is 1. The number of para-hydroxylation sites is 1. The van der Waals surface area contributed by atoms with Gasteiger partial charge in [0.25, 0.3) is 0 Å². The van der Waals surface area contributed by atoms with E-state index in [1.807, 2.05) is 24.3 Å². The number of anilines is 1. The molecular formula is C25H32N2O6S. The zero-order valence-corrected chi connectivity index (χ0v) is 20.7. The summed E-state index contributed by atoms with van der Waals surface area (Å²) in [5.41, 5.74) is 1.16. The van der Waals surface area contributed by atoms with Gasteiger partial charge in [0.15, 0.2) is 11.5 Å². The molecule has 2 aliphatic rings. The minimum atomic E-state index is -3.53. The molecule has 1 amide bonds. The first-order valence-corrected chi connectivity index (χ1v) is 13.5. The molecule has 1 N–H and O–H groups in total. The number of amides is 1. The zero-order valence-electron chi connectivity index (χ0n) is 19.9. The van der Waals surface area contributed by atoms with Crippen molar-refractivity contribution < 1.29 is 27.4 Å². The predicted molar refractivity (Wildman–Crippen MR) is 130 cm³/mol. The fraction of sp³-hybridized carbons (Fsp3) is 0.480. The Morgan fingerprint density at radius 3 is 2.56 bits per heavy atom. The Morgan fingerprint density at radius 1 is 1.09 bits per heavy atom. The van der Waals surface area contributed by atoms with Gasteiger partial charge in [0.1, 0.15) is 11.4 Å². The van der Waals surface area contributed by atoms with Crippen LogP contribution in [-0.2, 0) is 14.8 Å². The predicted octanol–water partition coefficient (Wildman–Crippen LogP) is 4.16. The van der Waals surface area contributed by atoms with Crippen molar-refractivity contribution in [2.24, 2.45) is 0 Å². The van der Waals surface area contributed by atoms with Crippen LogP contribution >= 0.6 is 0 Å². The first-order chi connectivity index (χ1) is 16.2. The lowest BCUT2D eigenvalue weighted by molar-refractivity contribution is -0.122. The number of ether oxygens (including phenoxy) is 3. The number of hydrogen-bond acceptors (Lipinski definition) is 6. The number of fused-ring (bicyclic) bond motifs is 2. The van der Waals surface area contributed by atoms with Crippen LogP contribution in [0.25, 0.3) is 0 Å². The van der Waals surface area contributed by atoms with E-state index in [0.29, 0.717) is 30.0 Å². The average Bonchev–Trinajstić information content (AvgIpc) is 3.29. The molecule has 34 heavy (non-hydrogen) atoms. The van der Waals surface area contributed by atoms with E-state index in [0.717, 1.165) is 30.4 Å². The maximum atomic E-state index is 12.9. The lowest BCUT2D eigenvalue weighted by atomic mass is 9.83. The number of nitrogens with one attached hydrogen (secondary N) is 1. The van der Waals surface area contributed by atoms with Crippen LogP contribution in [0.4, 0.5) is 5.69 Å². The van der Waals surface area contributed by atoms with Crippen LogP contribution in [-0.4, -0.2) is 39.5 Å². The normalized spacial score (nSPS) is 18.0. The summed E-state index contributed by atoms with van der Waals surface area (Å²) < 4.78 is 43.2. The molecule has 0 saturated carbocycles. The first kappa shape index (κ1) is 24.2. The highest BCUT2D eigenvalue weighted by Crippen LogP contribution is 2.42. The van der Waals surface area contributed by atoms with Crippen molar-refractivity contribution in [1.82, 2.24) is 5.32 Å². The number of sulfonamides is 1. The van der Waals surface area contributed by atoms with Gasteiger partial charge in [-0.25, -0.2) is 8.42 Å². The van der Waals surface area contributed by atoms with E-state index in [-0.39, 0.29) is 37.3 Å². The zero-order chi connectivity index (χ0) is 24.3. The molecule has 1 atom stereocenters. The lowest BCUT2D eigenvalue weighted by Crippen LogP contribution is -2.44. The van der Waals surface area contributed by atoms with Gasteiger partial charge in [-0.05, 0) is 37.5 Å². The summed E-state index contributed by atoms with van der Waals surface area (Å²) in [7, 11) is -3.53. The molecule has 2 aromatic carbocycles. The summed E-state index contributed by atoms with van der Waals surface area (Å²) in [6.45, 7) is 4.51. The maximum absolute atomic E-state index is 12.9. The van der Waals surface area contributed by atoms with E-state index in [9.17, 15) is 13.2 Å². The molecule has 4 rings (SSSR count). The van der Waals surface area contributed by atoms with Crippen LogP contribution in [0, 0.1) is 0 Å². The first-order valence-electron chi connectivity index (χ1n) is 11.7. The second kappa shape index (κ2) is 9.74. The molecule has 0 fully saturated rings. The van der Waals surface area contributed by atoms with Crippen molar-refractivity contribution in [2.75, 3.05) is 23.9 Å². The van der Waals surface area contributed by atoms with Crippen LogP contribution in [0.15, 0.2) is 42.5 Å². The van der Waals surface area contributed by atoms with E-state index in [1.165, 1.54) is 4.31 Å². The third kappa shape index (κ3) is 5.09. The van der Waals surface area contributed by atoms with Crippen molar-refractivity contribution in [3.05, 3.63) is 48.0 Å². The average molecular weight is 489 g/mol. The fourth-order valence-electron chi connectivity index (χ4n) is 4.61. The van der Waals surface area contributed by atoms with Gasteiger partial charge >= 0.3 is 0 Å². The molecule has 0 aliphatic carbocycles. The van der Waals surface area contributed by atoms with Crippen LogP contribution in [0.3, 0.4) is 0 Å². The topological polar surface area (TPSA) is 94.2 Å². The molecule has 9 heteroatoms. The summed E-state index contributed by atoms with van der Waals surface area (Å²) >= 11 is 0. The summed E-state index contributed by atoms with van der Waals surface area (Å²) in [4.78, 5) is 12.9. The number of carbonyl (C=O) groups is 1. The summed E-state index contributed by atoms with van der Waals surface area (Å²) in [5.74, 6) is 1.80. The molecule has 2 heterocycles. The fourth-order valence-corrected chi connectivity index (χ4v) is 5.56. The Bertz CT molecular complexity index is 1150. The van der Waals surface area contributed by atoms with E-state index >= 15 is 0 Å². The molecule has 2 aliphatic heterocycles. The molecule has 0 spiro atoms. The summed E-state index contributed by atoms with van der Waals surface area (Å²) in [6, 6.07) is 12.7. The number of nitrogens with zero attached hydrogens (tertiary/aromatic N) is 1. The Hall–Kier alpha value is -2.94. The number of carbonyl (C=O) groups excluding carboxylic acids is 1. The third-order valence-corrected chi connectivity index (χ3v) is 7.82. The van der Waals surface area contributed by atoms with E-state index in [1.54, 1.807) is 18.2 Å². The van der Waals surface area contributed by atoms with Gasteiger partial charge < -0.3 is 19.5 Å². The molecule has 8 nitrogen and oxygen atoms in total. The van der Waals surface area contributed by atoms with Gasteiger partial charge in [0, 0.05) is 31.0 Å². The van der Waals surface area contributed by atoms with Crippen molar-refractivity contribution in [3.63, 3.8) is 0 Å². The highest BCUT2D eigenvalue weighted by atomic mass is 32.2. The molecule has 0 saturated heterocycles. The standard InChI is InChI=1S/C25H32N2O6S/c1-4-25(5-2)16-20(19-9-6-7-10-21(19)33-25)26-24(28)11-8-14-27(34(3,29)30)18-12-13-22-23(15-18)32-17-31-22/h6-7,9-10,12-13,15,20H,4-5,8,11,14,16-17H2,1-3H3,(H,26,28)/t20-/m1/s1. The SMILES string of the molecule is CCC1(CC)C[C@@H](NC(=O)CCCN(c2ccc3c(c2)OCO3)S(C)(=O)=O)c2ccccc2O1. The molecule has 0 radical (unpaired) electrons. The number of rotatable bonds is 9. The van der Waals surface area contributed by atoms with Gasteiger partial charge in [-0.15, -0.1) is 0 Å². The minimum absolute atomic E-state index is 0.109. The Kier molecular flexibility index (Phi) is 6.93. The third-order valence-electron chi connectivity index (χ3n) is 6.63. The highest BCUT2D eigenvalue weighted by Gasteiger charge is 2.38. The highest BCUT2D eigenvalue weighted by molar-refractivity contribution is 7.92. The van der Waals surface area contributed by atoms with Crippen molar-refractivity contribution in [1.29, 1.82) is 0 Å². The second-order valence-electron chi connectivity index (χ2n) is 8.83. The summed E-state index contributed by atoms with van der Waals surface area (Å²) in [5, 5.41) is 3.16. The van der Waals surface area contributed by atoms with Gasteiger partial charge in [-0.2, -0.15) is 0 Å². The van der Waals surface area contributed by atoms with E-state index < -0.39 is 10.0 Å². The van der Waals surface area contributed by atoms with Crippen molar-refractivity contribution in [2.45, 2.75) is 57.6 Å².